The number of rotatable bonds is 7. The molecule has 1 N–H and O–H groups in total. The summed E-state index contributed by atoms with van der Waals surface area (Å²) in [6.45, 7) is 7.79. The molecule has 1 saturated carbocycles. The maximum absolute atomic E-state index is 3.48. The van der Waals surface area contributed by atoms with Crippen LogP contribution in [0.2, 0.25) is 0 Å². The minimum atomic E-state index is 0.567. The third-order valence-corrected chi connectivity index (χ3v) is 4.69. The van der Waals surface area contributed by atoms with Gasteiger partial charge >= 0.3 is 0 Å². The molecule has 18 heavy (non-hydrogen) atoms. The minimum Gasteiger partial charge on any atom is -0.310 e. The number of nitrogens with one attached hydrogen (secondary N) is 1. The normalized spacial score (nSPS) is 16.5. The van der Waals surface area contributed by atoms with Gasteiger partial charge in [-0.05, 0) is 37.9 Å². The molecule has 1 aromatic rings. The Kier molecular flexibility index (Phi) is 5.22. The molecule has 1 aromatic heterocycles. The van der Waals surface area contributed by atoms with Crippen LogP contribution in [0.15, 0.2) is 12.1 Å². The highest BCUT2D eigenvalue weighted by Gasteiger charge is 2.19. The molecule has 0 bridgehead atoms. The van der Waals surface area contributed by atoms with Crippen molar-refractivity contribution >= 4 is 11.3 Å². The van der Waals surface area contributed by atoms with Crippen LogP contribution in [-0.2, 0) is 13.1 Å². The molecule has 102 valence electrons. The first-order chi connectivity index (χ1) is 8.63. The van der Waals surface area contributed by atoms with Crippen molar-refractivity contribution in [2.24, 2.45) is 5.92 Å². The summed E-state index contributed by atoms with van der Waals surface area (Å²) >= 11 is 1.95. The van der Waals surface area contributed by atoms with Gasteiger partial charge in [0.25, 0.3) is 0 Å². The van der Waals surface area contributed by atoms with E-state index < -0.39 is 0 Å². The van der Waals surface area contributed by atoms with Crippen molar-refractivity contribution in [1.29, 1.82) is 0 Å². The van der Waals surface area contributed by atoms with Gasteiger partial charge in [-0.25, -0.2) is 0 Å². The van der Waals surface area contributed by atoms with Crippen LogP contribution < -0.4 is 5.32 Å². The van der Waals surface area contributed by atoms with Crippen molar-refractivity contribution in [3.63, 3.8) is 0 Å². The fourth-order valence-corrected chi connectivity index (χ4v) is 3.40. The van der Waals surface area contributed by atoms with Crippen LogP contribution in [0.25, 0.3) is 0 Å². The van der Waals surface area contributed by atoms with Crippen LogP contribution in [-0.4, -0.2) is 24.5 Å². The molecule has 1 fully saturated rings. The molecule has 0 aliphatic heterocycles. The van der Waals surface area contributed by atoms with E-state index in [4.69, 9.17) is 0 Å². The molecule has 0 atom stereocenters. The van der Waals surface area contributed by atoms with Crippen molar-refractivity contribution in [2.75, 3.05) is 13.6 Å². The van der Waals surface area contributed by atoms with Crippen molar-refractivity contribution in [2.45, 2.75) is 52.2 Å². The van der Waals surface area contributed by atoms with Crippen molar-refractivity contribution < 1.29 is 0 Å². The predicted molar refractivity (Wildman–Crippen MR) is 80.0 cm³/mol. The number of nitrogens with zero attached hydrogens (tertiary/aromatic N) is 1. The second-order valence-corrected chi connectivity index (χ2v) is 7.15. The van der Waals surface area contributed by atoms with E-state index in [0.29, 0.717) is 6.04 Å². The fourth-order valence-electron chi connectivity index (χ4n) is 2.35. The summed E-state index contributed by atoms with van der Waals surface area (Å²) in [6, 6.07) is 5.13. The Hall–Kier alpha value is -0.380. The Morgan fingerprint density at radius 2 is 2.06 bits per heavy atom. The molecule has 1 aliphatic carbocycles. The summed E-state index contributed by atoms with van der Waals surface area (Å²) in [7, 11) is 2.25. The van der Waals surface area contributed by atoms with E-state index in [1.165, 1.54) is 35.6 Å². The topological polar surface area (TPSA) is 15.3 Å². The lowest BCUT2D eigenvalue weighted by molar-refractivity contribution is 0.201. The summed E-state index contributed by atoms with van der Waals surface area (Å²) < 4.78 is 0. The van der Waals surface area contributed by atoms with Gasteiger partial charge in [0.05, 0.1) is 0 Å². The first-order valence-corrected chi connectivity index (χ1v) is 7.94. The highest BCUT2D eigenvalue weighted by Crippen LogP contribution is 2.27. The lowest BCUT2D eigenvalue weighted by Gasteiger charge is -2.29. The molecule has 2 nitrogen and oxygen atoms in total. The van der Waals surface area contributed by atoms with E-state index >= 15 is 0 Å². The maximum Gasteiger partial charge on any atom is 0.0325 e. The van der Waals surface area contributed by atoms with Gasteiger partial charge in [-0.15, -0.1) is 11.3 Å². The van der Waals surface area contributed by atoms with Crippen LogP contribution in [0.3, 0.4) is 0 Å². The van der Waals surface area contributed by atoms with Crippen molar-refractivity contribution in [3.8, 4) is 0 Å². The van der Waals surface area contributed by atoms with Gasteiger partial charge in [-0.1, -0.05) is 20.3 Å². The third-order valence-electron chi connectivity index (χ3n) is 3.62. The average Bonchev–Trinajstić information content (AvgIpc) is 2.68. The quantitative estimate of drug-likeness (QED) is 0.813. The SMILES string of the molecule is CC(C)NCc1ccc(CN(C)CC2CCC2)s1. The highest BCUT2D eigenvalue weighted by atomic mass is 32.1. The molecule has 3 heteroatoms. The van der Waals surface area contributed by atoms with E-state index in [9.17, 15) is 0 Å². The summed E-state index contributed by atoms with van der Waals surface area (Å²) in [4.78, 5) is 5.43. The van der Waals surface area contributed by atoms with Gasteiger partial charge in [0.15, 0.2) is 0 Å². The second kappa shape index (κ2) is 6.69. The average molecular weight is 266 g/mol. The zero-order valence-electron chi connectivity index (χ0n) is 11.9. The molecule has 2 rings (SSSR count). The van der Waals surface area contributed by atoms with Gasteiger partial charge in [0.1, 0.15) is 0 Å². The largest absolute Gasteiger partial charge is 0.310 e. The van der Waals surface area contributed by atoms with E-state index in [1.807, 2.05) is 11.3 Å². The molecule has 0 amide bonds. The lowest BCUT2D eigenvalue weighted by atomic mass is 9.85. The standard InChI is InChI=1S/C15H26N2S/c1-12(2)16-9-14-7-8-15(18-14)11-17(3)10-13-5-4-6-13/h7-8,12-13,16H,4-6,9-11H2,1-3H3. The lowest BCUT2D eigenvalue weighted by Crippen LogP contribution is -2.28. The fraction of sp³-hybridized carbons (Fsp3) is 0.733. The predicted octanol–water partition coefficient (Wildman–Crippen LogP) is 3.48. The van der Waals surface area contributed by atoms with Crippen LogP contribution in [0.4, 0.5) is 0 Å². The number of hydrogen-bond acceptors (Lipinski definition) is 3. The van der Waals surface area contributed by atoms with E-state index in [0.717, 1.165) is 19.0 Å². The Morgan fingerprint density at radius 1 is 1.33 bits per heavy atom. The van der Waals surface area contributed by atoms with Gasteiger partial charge in [-0.2, -0.15) is 0 Å². The smallest absolute Gasteiger partial charge is 0.0325 e. The van der Waals surface area contributed by atoms with Crippen LogP contribution in [0, 0.1) is 5.92 Å². The van der Waals surface area contributed by atoms with Crippen molar-refractivity contribution in [3.05, 3.63) is 21.9 Å². The zero-order chi connectivity index (χ0) is 13.0. The zero-order valence-corrected chi connectivity index (χ0v) is 12.7. The monoisotopic (exact) mass is 266 g/mol. The molecule has 0 unspecified atom stereocenters. The molecule has 0 radical (unpaired) electrons. The molecule has 0 spiro atoms. The number of thiophene rings is 1. The Labute approximate surface area is 115 Å². The highest BCUT2D eigenvalue weighted by molar-refractivity contribution is 7.11. The van der Waals surface area contributed by atoms with Crippen LogP contribution in [0.5, 0.6) is 0 Å². The summed E-state index contributed by atoms with van der Waals surface area (Å²) in [5, 5.41) is 3.48. The van der Waals surface area contributed by atoms with Crippen molar-refractivity contribution in [1.82, 2.24) is 10.2 Å². The van der Waals surface area contributed by atoms with E-state index in [-0.39, 0.29) is 0 Å². The van der Waals surface area contributed by atoms with Crippen LogP contribution in [0.1, 0.15) is 42.9 Å². The third kappa shape index (κ3) is 4.38. The maximum atomic E-state index is 3.48. The van der Waals surface area contributed by atoms with E-state index in [2.05, 4.69) is 43.2 Å². The van der Waals surface area contributed by atoms with Gasteiger partial charge in [0, 0.05) is 35.4 Å². The molecule has 1 aliphatic rings. The van der Waals surface area contributed by atoms with Gasteiger partial charge in [0.2, 0.25) is 0 Å². The van der Waals surface area contributed by atoms with Crippen LogP contribution >= 0.6 is 11.3 Å². The van der Waals surface area contributed by atoms with Gasteiger partial charge in [-0.3, -0.25) is 0 Å². The van der Waals surface area contributed by atoms with E-state index in [1.54, 1.807) is 0 Å². The molecular weight excluding hydrogens is 240 g/mol. The summed E-state index contributed by atoms with van der Waals surface area (Å²) in [5.41, 5.74) is 0. The summed E-state index contributed by atoms with van der Waals surface area (Å²) in [5.74, 6) is 0.969. The first kappa shape index (κ1) is 14.0. The molecule has 1 heterocycles. The Balaban J connectivity index is 1.74. The number of hydrogen-bond donors (Lipinski definition) is 1. The van der Waals surface area contributed by atoms with Gasteiger partial charge < -0.3 is 10.2 Å². The Morgan fingerprint density at radius 3 is 2.67 bits per heavy atom. The minimum absolute atomic E-state index is 0.567. The first-order valence-electron chi connectivity index (χ1n) is 7.13. The molecule has 0 aromatic carbocycles. The Bertz CT molecular complexity index is 355. The molecular formula is C15H26N2S. The summed E-state index contributed by atoms with van der Waals surface area (Å²) in [6.07, 6.45) is 4.33. The second-order valence-electron chi connectivity index (χ2n) is 5.90. The molecule has 0 saturated heterocycles.